The van der Waals surface area contributed by atoms with Crippen LogP contribution in [0.1, 0.15) is 6.92 Å². The summed E-state index contributed by atoms with van der Waals surface area (Å²) in [5.74, 6) is 0. The molecule has 0 spiro atoms. The molecule has 1 rings (SSSR count). The third kappa shape index (κ3) is 2.63. The number of benzene rings is 1. The molecular weight excluding hydrogens is 182 g/mol. The number of rotatable bonds is 1. The van der Waals surface area contributed by atoms with Gasteiger partial charge in [0.15, 0.2) is 0 Å². The summed E-state index contributed by atoms with van der Waals surface area (Å²) in [7, 11) is 0. The highest BCUT2D eigenvalue weighted by Crippen LogP contribution is 2.00. The summed E-state index contributed by atoms with van der Waals surface area (Å²) in [5, 5.41) is 2.67. The summed E-state index contributed by atoms with van der Waals surface area (Å²) < 4.78 is 0. The normalized spacial score (nSPS) is 13.4. The molecule has 0 bridgehead atoms. The summed E-state index contributed by atoms with van der Waals surface area (Å²) in [4.78, 5) is 0. The van der Waals surface area contributed by atoms with E-state index in [1.54, 1.807) is 6.20 Å². The van der Waals surface area contributed by atoms with Gasteiger partial charge in [0.25, 0.3) is 0 Å². The minimum Gasteiger partial charge on any atom is -0.404 e. The summed E-state index contributed by atoms with van der Waals surface area (Å²) in [6.07, 6.45) is 3.51. The number of allylic oxidation sites excluding steroid dienone is 1. The Bertz CT molecular complexity index is 432. The van der Waals surface area contributed by atoms with E-state index in [1.165, 1.54) is 0 Å². The molecule has 1 aromatic carbocycles. The Morgan fingerprint density at radius 2 is 2.15 bits per heavy atom. The molecule has 0 saturated heterocycles. The molecular formula is C11H12ClN. The zero-order valence-corrected chi connectivity index (χ0v) is 8.31. The van der Waals surface area contributed by atoms with Crippen LogP contribution in [-0.2, 0) is 0 Å². The topological polar surface area (TPSA) is 26.0 Å². The Morgan fingerprint density at radius 1 is 1.46 bits per heavy atom. The van der Waals surface area contributed by atoms with Gasteiger partial charge in [0.05, 0.1) is 0 Å². The number of hydrogen-bond donors (Lipinski definition) is 1. The van der Waals surface area contributed by atoms with Gasteiger partial charge in [0.2, 0.25) is 0 Å². The van der Waals surface area contributed by atoms with Gasteiger partial charge >= 0.3 is 0 Å². The van der Waals surface area contributed by atoms with Crippen LogP contribution in [0, 0.1) is 0 Å². The largest absolute Gasteiger partial charge is 0.404 e. The van der Waals surface area contributed by atoms with Gasteiger partial charge in [-0.15, -0.1) is 0 Å². The molecule has 2 N–H and O–H groups in total. The molecule has 2 heteroatoms. The predicted molar refractivity (Wildman–Crippen MR) is 58.6 cm³/mol. The summed E-state index contributed by atoms with van der Waals surface area (Å²) >= 11 is 5.85. The third-order valence-corrected chi connectivity index (χ3v) is 1.87. The highest BCUT2D eigenvalue weighted by Gasteiger charge is 1.88. The van der Waals surface area contributed by atoms with Gasteiger partial charge in [0, 0.05) is 11.2 Å². The van der Waals surface area contributed by atoms with Crippen molar-refractivity contribution in [3.05, 3.63) is 45.8 Å². The van der Waals surface area contributed by atoms with Crippen molar-refractivity contribution in [2.24, 2.45) is 5.73 Å². The van der Waals surface area contributed by atoms with Crippen molar-refractivity contribution in [1.82, 2.24) is 0 Å². The highest BCUT2D eigenvalue weighted by atomic mass is 35.5. The second-order valence-corrected chi connectivity index (χ2v) is 3.37. The van der Waals surface area contributed by atoms with Gasteiger partial charge in [-0.1, -0.05) is 35.9 Å². The first-order chi connectivity index (χ1) is 6.13. The first-order valence-corrected chi connectivity index (χ1v) is 4.36. The second-order valence-electron chi connectivity index (χ2n) is 2.93. The lowest BCUT2D eigenvalue weighted by molar-refractivity contribution is 1.47. The van der Waals surface area contributed by atoms with E-state index < -0.39 is 0 Å². The molecule has 13 heavy (non-hydrogen) atoms. The number of hydrogen-bond acceptors (Lipinski definition) is 1. The maximum Gasteiger partial charge on any atom is 0.0412 e. The van der Waals surface area contributed by atoms with Crippen LogP contribution in [-0.4, -0.2) is 0 Å². The molecule has 0 heterocycles. The van der Waals surface area contributed by atoms with E-state index in [0.29, 0.717) is 5.02 Å². The average molecular weight is 194 g/mol. The summed E-state index contributed by atoms with van der Waals surface area (Å²) in [5.41, 5.74) is 6.44. The van der Waals surface area contributed by atoms with Crippen molar-refractivity contribution in [3.8, 4) is 0 Å². The van der Waals surface area contributed by atoms with Gasteiger partial charge in [-0.2, -0.15) is 0 Å². The molecule has 0 radical (unpaired) electrons. The molecule has 0 aliphatic heterocycles. The lowest BCUT2D eigenvalue weighted by Gasteiger charge is -1.92. The van der Waals surface area contributed by atoms with Crippen molar-refractivity contribution < 1.29 is 0 Å². The van der Waals surface area contributed by atoms with Crippen LogP contribution in [0.25, 0.3) is 12.3 Å². The summed E-state index contributed by atoms with van der Waals surface area (Å²) in [6.45, 7) is 5.73. The lowest BCUT2D eigenvalue weighted by atomic mass is 10.2. The monoisotopic (exact) mass is 193 g/mol. The third-order valence-electron chi connectivity index (χ3n) is 1.63. The van der Waals surface area contributed by atoms with Gasteiger partial charge in [0.1, 0.15) is 0 Å². The molecule has 0 saturated carbocycles. The van der Waals surface area contributed by atoms with Crippen molar-refractivity contribution >= 4 is 23.9 Å². The van der Waals surface area contributed by atoms with Gasteiger partial charge in [-0.05, 0) is 29.5 Å². The zero-order valence-electron chi connectivity index (χ0n) is 7.55. The SMILES string of the molecule is C=C(C)/C=c1/cc(Cl)cc/c1=C/N. The molecule has 0 amide bonds. The van der Waals surface area contributed by atoms with Crippen LogP contribution in [0.15, 0.2) is 30.4 Å². The number of nitrogens with two attached hydrogens (primary N) is 1. The van der Waals surface area contributed by atoms with E-state index in [9.17, 15) is 0 Å². The van der Waals surface area contributed by atoms with E-state index >= 15 is 0 Å². The van der Waals surface area contributed by atoms with Gasteiger partial charge < -0.3 is 5.73 Å². The quantitative estimate of drug-likeness (QED) is 0.717. The minimum atomic E-state index is 0.707. The molecule has 0 unspecified atom stereocenters. The van der Waals surface area contributed by atoms with E-state index in [4.69, 9.17) is 17.3 Å². The zero-order chi connectivity index (χ0) is 9.84. The Labute approximate surface area is 82.8 Å². The summed E-state index contributed by atoms with van der Waals surface area (Å²) in [6, 6.07) is 5.57. The molecule has 1 aromatic rings. The van der Waals surface area contributed by atoms with Crippen molar-refractivity contribution in [1.29, 1.82) is 0 Å². The maximum absolute atomic E-state index is 5.85. The second kappa shape index (κ2) is 4.15. The number of halogens is 1. The fourth-order valence-corrected chi connectivity index (χ4v) is 1.27. The smallest absolute Gasteiger partial charge is 0.0412 e. The van der Waals surface area contributed by atoms with Crippen LogP contribution in [0.2, 0.25) is 5.02 Å². The molecule has 1 nitrogen and oxygen atoms in total. The molecule has 0 fully saturated rings. The molecule has 0 aliphatic rings. The Hall–Kier alpha value is -1.21. The lowest BCUT2D eigenvalue weighted by Crippen LogP contribution is -2.25. The average Bonchev–Trinajstić information content (AvgIpc) is 2.03. The minimum absolute atomic E-state index is 0.707. The van der Waals surface area contributed by atoms with E-state index in [2.05, 4.69) is 6.58 Å². The van der Waals surface area contributed by atoms with Crippen molar-refractivity contribution in [3.63, 3.8) is 0 Å². The Kier molecular flexibility index (Phi) is 3.15. The van der Waals surface area contributed by atoms with Crippen LogP contribution in [0.3, 0.4) is 0 Å². The van der Waals surface area contributed by atoms with Crippen LogP contribution < -0.4 is 16.2 Å². The molecule has 68 valence electrons. The van der Waals surface area contributed by atoms with Crippen molar-refractivity contribution in [2.45, 2.75) is 6.92 Å². The standard InChI is InChI=1S/C11H12ClN/c1-8(2)5-10-6-11(12)4-3-9(10)7-13/h3-7H,1,13H2,2H3/b9-7-,10-5-. The van der Waals surface area contributed by atoms with Crippen LogP contribution in [0.5, 0.6) is 0 Å². The van der Waals surface area contributed by atoms with Crippen LogP contribution >= 0.6 is 11.6 Å². The van der Waals surface area contributed by atoms with E-state index in [0.717, 1.165) is 16.0 Å². The fraction of sp³-hybridized carbons (Fsp3) is 0.0909. The predicted octanol–water partition coefficient (Wildman–Crippen LogP) is 1.39. The first kappa shape index (κ1) is 9.87. The van der Waals surface area contributed by atoms with Crippen LogP contribution in [0.4, 0.5) is 0 Å². The van der Waals surface area contributed by atoms with Crippen molar-refractivity contribution in [2.75, 3.05) is 0 Å². The van der Waals surface area contributed by atoms with E-state index in [-0.39, 0.29) is 0 Å². The van der Waals surface area contributed by atoms with Gasteiger partial charge in [-0.3, -0.25) is 0 Å². The molecule has 0 aliphatic carbocycles. The maximum atomic E-state index is 5.85. The Balaban J connectivity index is 3.51. The molecule has 0 atom stereocenters. The highest BCUT2D eigenvalue weighted by molar-refractivity contribution is 6.30. The molecule has 0 aromatic heterocycles. The first-order valence-electron chi connectivity index (χ1n) is 3.98. The van der Waals surface area contributed by atoms with E-state index in [1.807, 2.05) is 31.2 Å². The fourth-order valence-electron chi connectivity index (χ4n) is 1.09. The Morgan fingerprint density at radius 3 is 2.69 bits per heavy atom. The van der Waals surface area contributed by atoms with Gasteiger partial charge in [-0.25, -0.2) is 0 Å².